The number of morpholine rings is 1. The first-order valence-corrected chi connectivity index (χ1v) is 13.7. The molecule has 3 fully saturated rings. The van der Waals surface area contributed by atoms with E-state index >= 15 is 0 Å². The molecule has 1 aliphatic heterocycles. The number of ether oxygens (including phenoxy) is 1. The topological polar surface area (TPSA) is 117 Å². The van der Waals surface area contributed by atoms with Gasteiger partial charge in [-0.25, -0.2) is 13.8 Å². The molecule has 2 saturated carbocycles. The number of anilines is 2. The quantitative estimate of drug-likeness (QED) is 0.418. The second kappa shape index (κ2) is 11.0. The standard InChI is InChI=1S/C27H33F2N7O3/c28-24(29)25-32-20-3-1-2-4-21(20)36(25)23-15-22(33-27(34-23)35-9-11-39-12-10-35)30-17-13-18(14-17)31-26(38)16-5-7-19(37)8-6-16/h1-4,15-19,24,37H,5-14H2,(H,31,38)(H,30,33,34)/t16?,17-,18-,19?. The molecule has 1 aromatic carbocycles. The lowest BCUT2D eigenvalue weighted by molar-refractivity contribution is -0.127. The number of aromatic nitrogens is 4. The van der Waals surface area contributed by atoms with E-state index in [4.69, 9.17) is 9.72 Å². The molecule has 3 aromatic rings. The molecular weight excluding hydrogens is 508 g/mol. The van der Waals surface area contributed by atoms with E-state index < -0.39 is 6.43 Å². The molecule has 2 aromatic heterocycles. The number of benzene rings is 1. The van der Waals surface area contributed by atoms with E-state index in [0.29, 0.717) is 67.8 Å². The van der Waals surface area contributed by atoms with Crippen LogP contribution in [-0.4, -0.2) is 75.0 Å². The van der Waals surface area contributed by atoms with Crippen molar-refractivity contribution in [2.45, 2.75) is 63.1 Å². The average Bonchev–Trinajstić information content (AvgIpc) is 3.33. The van der Waals surface area contributed by atoms with Crippen LogP contribution in [0.25, 0.3) is 16.9 Å². The summed E-state index contributed by atoms with van der Waals surface area (Å²) in [6.07, 6.45) is 1.20. The minimum atomic E-state index is -2.78. The molecule has 1 saturated heterocycles. The molecule has 3 heterocycles. The summed E-state index contributed by atoms with van der Waals surface area (Å²) < 4.78 is 35.0. The Balaban J connectivity index is 1.21. The second-order valence-corrected chi connectivity index (χ2v) is 10.6. The summed E-state index contributed by atoms with van der Waals surface area (Å²) in [6.45, 7) is 2.28. The first kappa shape index (κ1) is 25.9. The van der Waals surface area contributed by atoms with Crippen molar-refractivity contribution in [3.8, 4) is 5.82 Å². The maximum absolute atomic E-state index is 14.1. The van der Waals surface area contributed by atoms with Crippen LogP contribution in [0, 0.1) is 5.92 Å². The third-order valence-electron chi connectivity index (χ3n) is 7.91. The van der Waals surface area contributed by atoms with Gasteiger partial charge in [0.25, 0.3) is 6.43 Å². The van der Waals surface area contributed by atoms with Gasteiger partial charge in [0.1, 0.15) is 11.6 Å². The molecule has 39 heavy (non-hydrogen) atoms. The fourth-order valence-electron chi connectivity index (χ4n) is 5.67. The number of amides is 1. The molecule has 0 atom stereocenters. The fraction of sp³-hybridized carbons (Fsp3) is 0.556. The Morgan fingerprint density at radius 2 is 1.77 bits per heavy atom. The molecule has 0 unspecified atom stereocenters. The van der Waals surface area contributed by atoms with Gasteiger partial charge in [-0.3, -0.25) is 9.36 Å². The number of para-hydroxylation sites is 2. The van der Waals surface area contributed by atoms with Crippen molar-refractivity contribution in [2.75, 3.05) is 36.5 Å². The molecule has 12 heteroatoms. The van der Waals surface area contributed by atoms with Gasteiger partial charge in [-0.1, -0.05) is 12.1 Å². The highest BCUT2D eigenvalue weighted by Gasteiger charge is 2.34. The highest BCUT2D eigenvalue weighted by molar-refractivity contribution is 5.79. The molecule has 2 aliphatic carbocycles. The van der Waals surface area contributed by atoms with Gasteiger partial charge in [-0.15, -0.1) is 0 Å². The Hall–Kier alpha value is -3.38. The van der Waals surface area contributed by atoms with E-state index in [1.54, 1.807) is 30.3 Å². The number of rotatable bonds is 7. The first-order valence-electron chi connectivity index (χ1n) is 13.7. The SMILES string of the molecule is O=C(N[C@H]1C[C@H](Nc2cc(-n3c(C(F)F)nc4ccccc43)nc(N3CCOCC3)n2)C1)C1CCC(O)CC1. The number of aliphatic hydroxyl groups excluding tert-OH is 1. The number of carbonyl (C=O) groups excluding carboxylic acids is 1. The number of hydrogen-bond donors (Lipinski definition) is 3. The van der Waals surface area contributed by atoms with Gasteiger partial charge in [-0.05, 0) is 50.7 Å². The van der Waals surface area contributed by atoms with Gasteiger partial charge in [-0.2, -0.15) is 9.97 Å². The highest BCUT2D eigenvalue weighted by Crippen LogP contribution is 2.31. The Labute approximate surface area is 224 Å². The summed E-state index contributed by atoms with van der Waals surface area (Å²) >= 11 is 0. The Morgan fingerprint density at radius 3 is 2.51 bits per heavy atom. The van der Waals surface area contributed by atoms with Crippen molar-refractivity contribution >= 4 is 28.7 Å². The monoisotopic (exact) mass is 541 g/mol. The summed E-state index contributed by atoms with van der Waals surface area (Å²) in [4.78, 5) is 28.2. The van der Waals surface area contributed by atoms with E-state index in [1.807, 2.05) is 4.90 Å². The smallest absolute Gasteiger partial charge is 0.296 e. The van der Waals surface area contributed by atoms with Gasteiger partial charge in [0.2, 0.25) is 11.9 Å². The molecular formula is C27H33F2N7O3. The number of hydrogen-bond acceptors (Lipinski definition) is 8. The van der Waals surface area contributed by atoms with Crippen molar-refractivity contribution in [1.29, 1.82) is 0 Å². The lowest BCUT2D eigenvalue weighted by Gasteiger charge is -2.38. The van der Waals surface area contributed by atoms with E-state index in [-0.39, 0.29) is 35.8 Å². The maximum Gasteiger partial charge on any atom is 0.296 e. The van der Waals surface area contributed by atoms with Crippen LogP contribution in [0.3, 0.4) is 0 Å². The Kier molecular flexibility index (Phi) is 7.30. The van der Waals surface area contributed by atoms with Crippen LogP contribution in [0.15, 0.2) is 30.3 Å². The van der Waals surface area contributed by atoms with Crippen LogP contribution in [0.1, 0.15) is 50.8 Å². The van der Waals surface area contributed by atoms with Crippen LogP contribution in [0.5, 0.6) is 0 Å². The average molecular weight is 542 g/mol. The predicted molar refractivity (Wildman–Crippen MR) is 141 cm³/mol. The van der Waals surface area contributed by atoms with Gasteiger partial charge in [0.15, 0.2) is 5.82 Å². The lowest BCUT2D eigenvalue weighted by Crippen LogP contribution is -2.51. The number of carbonyl (C=O) groups is 1. The molecule has 3 N–H and O–H groups in total. The third-order valence-corrected chi connectivity index (χ3v) is 7.91. The number of aliphatic hydroxyl groups is 1. The number of imidazole rings is 1. The van der Waals surface area contributed by atoms with Crippen LogP contribution < -0.4 is 15.5 Å². The van der Waals surface area contributed by atoms with Crippen LogP contribution in [0.4, 0.5) is 20.5 Å². The van der Waals surface area contributed by atoms with Gasteiger partial charge in [0.05, 0.1) is 30.4 Å². The minimum absolute atomic E-state index is 0.0325. The maximum atomic E-state index is 14.1. The first-order chi connectivity index (χ1) is 18.9. The highest BCUT2D eigenvalue weighted by atomic mass is 19.3. The molecule has 3 aliphatic rings. The largest absolute Gasteiger partial charge is 0.393 e. The molecule has 0 spiro atoms. The van der Waals surface area contributed by atoms with Crippen molar-refractivity contribution < 1.29 is 23.4 Å². The minimum Gasteiger partial charge on any atom is -0.393 e. The fourth-order valence-corrected chi connectivity index (χ4v) is 5.67. The molecule has 6 rings (SSSR count). The second-order valence-electron chi connectivity index (χ2n) is 10.6. The Morgan fingerprint density at radius 1 is 1.03 bits per heavy atom. The van der Waals surface area contributed by atoms with Gasteiger partial charge < -0.3 is 25.4 Å². The van der Waals surface area contributed by atoms with E-state index in [9.17, 15) is 18.7 Å². The third kappa shape index (κ3) is 5.53. The normalized spacial score (nSPS) is 25.5. The lowest BCUT2D eigenvalue weighted by atomic mass is 9.84. The number of fused-ring (bicyclic) bond motifs is 1. The van der Waals surface area contributed by atoms with E-state index in [0.717, 1.165) is 25.7 Å². The van der Waals surface area contributed by atoms with Crippen molar-refractivity contribution in [3.63, 3.8) is 0 Å². The number of nitrogens with zero attached hydrogens (tertiary/aromatic N) is 5. The van der Waals surface area contributed by atoms with E-state index in [2.05, 4.69) is 20.6 Å². The molecule has 0 bridgehead atoms. The number of alkyl halides is 2. The molecule has 1 amide bonds. The predicted octanol–water partition coefficient (Wildman–Crippen LogP) is 3.20. The Bertz CT molecular complexity index is 1320. The summed E-state index contributed by atoms with van der Waals surface area (Å²) in [7, 11) is 0. The molecule has 10 nitrogen and oxygen atoms in total. The van der Waals surface area contributed by atoms with E-state index in [1.165, 1.54) is 4.57 Å². The molecule has 0 radical (unpaired) electrons. The van der Waals surface area contributed by atoms with Gasteiger partial charge in [0, 0.05) is 37.2 Å². The summed E-state index contributed by atoms with van der Waals surface area (Å²) in [5, 5.41) is 16.3. The van der Waals surface area contributed by atoms with Crippen molar-refractivity contribution in [2.24, 2.45) is 5.92 Å². The summed E-state index contributed by atoms with van der Waals surface area (Å²) in [5.41, 5.74) is 1.02. The summed E-state index contributed by atoms with van der Waals surface area (Å²) in [6, 6.07) is 8.86. The van der Waals surface area contributed by atoms with Crippen LogP contribution in [-0.2, 0) is 9.53 Å². The summed E-state index contributed by atoms with van der Waals surface area (Å²) in [5.74, 6) is 0.971. The van der Waals surface area contributed by atoms with Crippen molar-refractivity contribution in [3.05, 3.63) is 36.2 Å². The van der Waals surface area contributed by atoms with Crippen LogP contribution in [0.2, 0.25) is 0 Å². The number of halogens is 2. The zero-order valence-electron chi connectivity index (χ0n) is 21.6. The number of nitrogens with one attached hydrogen (secondary N) is 2. The zero-order valence-corrected chi connectivity index (χ0v) is 21.6. The molecule has 208 valence electrons. The van der Waals surface area contributed by atoms with Crippen molar-refractivity contribution in [1.82, 2.24) is 24.8 Å². The van der Waals surface area contributed by atoms with Gasteiger partial charge >= 0.3 is 0 Å². The van der Waals surface area contributed by atoms with Crippen LogP contribution >= 0.6 is 0 Å². The zero-order chi connectivity index (χ0) is 26.9.